The quantitative estimate of drug-likeness (QED) is 0.356. The third-order valence-electron chi connectivity index (χ3n) is 4.97. The number of nitrogens with zero attached hydrogens (tertiary/aromatic N) is 2. The molecule has 3 aromatic rings. The van der Waals surface area contributed by atoms with E-state index in [0.717, 1.165) is 0 Å². The van der Waals surface area contributed by atoms with E-state index in [4.69, 9.17) is 16.3 Å². The number of benzene rings is 2. The van der Waals surface area contributed by atoms with Gasteiger partial charge in [0.05, 0.1) is 18.2 Å². The number of halogens is 1. The predicted molar refractivity (Wildman–Crippen MR) is 118 cm³/mol. The number of aromatic nitrogens is 1. The van der Waals surface area contributed by atoms with Crippen molar-refractivity contribution in [2.75, 3.05) is 11.5 Å². The van der Waals surface area contributed by atoms with E-state index in [1.54, 1.807) is 73.1 Å². The Labute approximate surface area is 184 Å². The summed E-state index contributed by atoms with van der Waals surface area (Å²) >= 11 is 5.95. The SMILES string of the molecule is CCOc1cccc(N2C(=O)C(=O)/C(=C(/O)c3ccc(Cl)cc3)C2c2cccnc2)c1. The Morgan fingerprint density at radius 2 is 1.90 bits per heavy atom. The molecule has 4 rings (SSSR count). The summed E-state index contributed by atoms with van der Waals surface area (Å²) in [5, 5.41) is 11.5. The summed E-state index contributed by atoms with van der Waals surface area (Å²) in [6, 6.07) is 16.0. The number of aliphatic hydroxyl groups excluding tert-OH is 1. The molecule has 1 fully saturated rings. The van der Waals surface area contributed by atoms with Crippen molar-refractivity contribution >= 4 is 34.7 Å². The number of ether oxygens (including phenoxy) is 1. The van der Waals surface area contributed by atoms with Crippen molar-refractivity contribution in [1.29, 1.82) is 0 Å². The first kappa shape index (κ1) is 20.6. The van der Waals surface area contributed by atoms with Gasteiger partial charge in [0.25, 0.3) is 11.7 Å². The highest BCUT2D eigenvalue weighted by Gasteiger charge is 2.47. The van der Waals surface area contributed by atoms with E-state index in [0.29, 0.717) is 34.2 Å². The molecule has 2 aromatic carbocycles. The summed E-state index contributed by atoms with van der Waals surface area (Å²) in [6.45, 7) is 2.32. The first-order valence-corrected chi connectivity index (χ1v) is 10.1. The van der Waals surface area contributed by atoms with Gasteiger partial charge in [-0.05, 0) is 55.0 Å². The number of amides is 1. The molecule has 0 saturated carbocycles. The average Bonchev–Trinajstić information content (AvgIpc) is 3.05. The number of anilines is 1. The van der Waals surface area contributed by atoms with Crippen molar-refractivity contribution in [2.24, 2.45) is 0 Å². The molecular formula is C24H19ClN2O4. The minimum absolute atomic E-state index is 0.0119. The number of carbonyl (C=O) groups is 2. The summed E-state index contributed by atoms with van der Waals surface area (Å²) in [4.78, 5) is 31.7. The van der Waals surface area contributed by atoms with E-state index in [-0.39, 0.29) is 11.3 Å². The molecule has 0 spiro atoms. The van der Waals surface area contributed by atoms with Gasteiger partial charge in [0.1, 0.15) is 11.5 Å². The largest absolute Gasteiger partial charge is 0.507 e. The van der Waals surface area contributed by atoms with Crippen LogP contribution in [0.25, 0.3) is 5.76 Å². The minimum atomic E-state index is -0.846. The molecule has 7 heteroatoms. The molecule has 1 unspecified atom stereocenters. The maximum atomic E-state index is 13.1. The highest BCUT2D eigenvalue weighted by molar-refractivity contribution is 6.51. The number of carbonyl (C=O) groups excluding carboxylic acids is 2. The predicted octanol–water partition coefficient (Wildman–Crippen LogP) is 4.76. The highest BCUT2D eigenvalue weighted by atomic mass is 35.5. The molecule has 1 aromatic heterocycles. The van der Waals surface area contributed by atoms with Crippen molar-refractivity contribution in [2.45, 2.75) is 13.0 Å². The van der Waals surface area contributed by atoms with Gasteiger partial charge in [-0.2, -0.15) is 0 Å². The van der Waals surface area contributed by atoms with E-state index < -0.39 is 17.7 Å². The normalized spacial score (nSPS) is 17.7. The number of rotatable bonds is 5. The monoisotopic (exact) mass is 434 g/mol. The maximum absolute atomic E-state index is 13.1. The molecule has 2 heterocycles. The van der Waals surface area contributed by atoms with Crippen LogP contribution >= 0.6 is 11.6 Å². The van der Waals surface area contributed by atoms with Crippen molar-refractivity contribution in [1.82, 2.24) is 4.98 Å². The van der Waals surface area contributed by atoms with E-state index in [1.165, 1.54) is 4.90 Å². The number of pyridine rings is 1. The Bertz CT molecular complexity index is 1160. The Hall–Kier alpha value is -3.64. The van der Waals surface area contributed by atoms with Gasteiger partial charge in [-0.15, -0.1) is 0 Å². The van der Waals surface area contributed by atoms with Crippen LogP contribution in [0.1, 0.15) is 24.1 Å². The van der Waals surface area contributed by atoms with E-state index in [2.05, 4.69) is 4.98 Å². The van der Waals surface area contributed by atoms with E-state index >= 15 is 0 Å². The van der Waals surface area contributed by atoms with E-state index in [1.807, 2.05) is 6.92 Å². The van der Waals surface area contributed by atoms with Crippen LogP contribution in [0.3, 0.4) is 0 Å². The fourth-order valence-electron chi connectivity index (χ4n) is 3.61. The average molecular weight is 435 g/mol. The lowest BCUT2D eigenvalue weighted by Gasteiger charge is -2.25. The molecule has 1 N–H and O–H groups in total. The number of hydrogen-bond acceptors (Lipinski definition) is 5. The fourth-order valence-corrected chi connectivity index (χ4v) is 3.73. The van der Waals surface area contributed by atoms with Gasteiger partial charge >= 0.3 is 0 Å². The van der Waals surface area contributed by atoms with Crippen LogP contribution < -0.4 is 9.64 Å². The molecule has 31 heavy (non-hydrogen) atoms. The number of hydrogen-bond donors (Lipinski definition) is 1. The Morgan fingerprint density at radius 1 is 1.13 bits per heavy atom. The van der Waals surface area contributed by atoms with Gasteiger partial charge in [0, 0.05) is 34.7 Å². The lowest BCUT2D eigenvalue weighted by Crippen LogP contribution is -2.29. The van der Waals surface area contributed by atoms with Crippen LogP contribution in [0, 0.1) is 0 Å². The molecule has 0 radical (unpaired) electrons. The van der Waals surface area contributed by atoms with Crippen molar-refractivity contribution in [3.63, 3.8) is 0 Å². The Balaban J connectivity index is 1.91. The first-order valence-electron chi connectivity index (χ1n) is 9.71. The van der Waals surface area contributed by atoms with Crippen LogP contribution in [0.5, 0.6) is 5.75 Å². The zero-order valence-electron chi connectivity index (χ0n) is 16.7. The second kappa shape index (κ2) is 8.62. The Kier molecular flexibility index (Phi) is 5.73. The second-order valence-corrected chi connectivity index (χ2v) is 7.33. The third-order valence-corrected chi connectivity index (χ3v) is 5.22. The molecule has 0 bridgehead atoms. The summed E-state index contributed by atoms with van der Waals surface area (Å²) < 4.78 is 5.55. The fraction of sp³-hybridized carbons (Fsp3) is 0.125. The van der Waals surface area contributed by atoms with Crippen molar-refractivity contribution < 1.29 is 19.4 Å². The molecule has 1 atom stereocenters. The van der Waals surface area contributed by atoms with Crippen LogP contribution in [0.15, 0.2) is 78.6 Å². The van der Waals surface area contributed by atoms with Gasteiger partial charge in [-0.1, -0.05) is 23.7 Å². The van der Waals surface area contributed by atoms with Crippen LogP contribution in [-0.4, -0.2) is 28.4 Å². The summed E-state index contributed by atoms with van der Waals surface area (Å²) in [7, 11) is 0. The number of ketones is 1. The molecule has 1 aliphatic heterocycles. The van der Waals surface area contributed by atoms with Gasteiger partial charge in [0.2, 0.25) is 0 Å². The van der Waals surface area contributed by atoms with Crippen molar-refractivity contribution in [3.8, 4) is 5.75 Å². The van der Waals surface area contributed by atoms with Gasteiger partial charge in [0.15, 0.2) is 0 Å². The first-order chi connectivity index (χ1) is 15.0. The van der Waals surface area contributed by atoms with Gasteiger partial charge < -0.3 is 9.84 Å². The molecule has 1 amide bonds. The Morgan fingerprint density at radius 3 is 2.58 bits per heavy atom. The molecule has 1 saturated heterocycles. The van der Waals surface area contributed by atoms with Crippen LogP contribution in [0.4, 0.5) is 5.69 Å². The van der Waals surface area contributed by atoms with E-state index in [9.17, 15) is 14.7 Å². The molecule has 6 nitrogen and oxygen atoms in total. The highest BCUT2D eigenvalue weighted by Crippen LogP contribution is 2.42. The molecule has 0 aliphatic carbocycles. The second-order valence-electron chi connectivity index (χ2n) is 6.89. The number of aliphatic hydroxyl groups is 1. The van der Waals surface area contributed by atoms with Crippen LogP contribution in [0.2, 0.25) is 5.02 Å². The third kappa shape index (κ3) is 3.90. The zero-order valence-corrected chi connectivity index (χ0v) is 17.4. The molecule has 1 aliphatic rings. The molecular weight excluding hydrogens is 416 g/mol. The van der Waals surface area contributed by atoms with Crippen LogP contribution in [-0.2, 0) is 9.59 Å². The summed E-state index contributed by atoms with van der Waals surface area (Å²) in [5.41, 5.74) is 1.46. The standard InChI is InChI=1S/C24H19ClN2O4/c1-2-31-19-7-3-6-18(13-19)27-21(16-5-4-12-26-14-16)20(23(29)24(27)30)22(28)15-8-10-17(25)11-9-15/h3-14,21,28H,2H2,1H3/b22-20+. The summed E-state index contributed by atoms with van der Waals surface area (Å²) in [6.07, 6.45) is 3.18. The lowest BCUT2D eigenvalue weighted by molar-refractivity contribution is -0.132. The smallest absolute Gasteiger partial charge is 0.300 e. The topological polar surface area (TPSA) is 79.7 Å². The molecule has 156 valence electrons. The maximum Gasteiger partial charge on any atom is 0.300 e. The van der Waals surface area contributed by atoms with Gasteiger partial charge in [-0.3, -0.25) is 19.5 Å². The lowest BCUT2D eigenvalue weighted by atomic mass is 9.96. The van der Waals surface area contributed by atoms with Crippen molar-refractivity contribution in [3.05, 3.63) is 94.8 Å². The summed E-state index contributed by atoms with van der Waals surface area (Å²) in [5.74, 6) is -1.21. The minimum Gasteiger partial charge on any atom is -0.507 e. The van der Waals surface area contributed by atoms with Gasteiger partial charge in [-0.25, -0.2) is 0 Å². The zero-order chi connectivity index (χ0) is 22.0. The number of Topliss-reactive ketones (excluding diaryl/α,β-unsaturated/α-hetero) is 1.